The third-order valence-electron chi connectivity index (χ3n) is 4.58. The van der Waals surface area contributed by atoms with E-state index >= 15 is 0 Å². The molecule has 0 aliphatic heterocycles. The number of hydrogen-bond donors (Lipinski definition) is 4. The summed E-state index contributed by atoms with van der Waals surface area (Å²) in [6, 6.07) is 5.35. The molecule has 5 N–H and O–H groups in total. The monoisotopic (exact) mass is 418 g/mol. The normalized spacial score (nSPS) is 14.1. The predicted octanol–water partition coefficient (Wildman–Crippen LogP) is 1.56. The number of carbonyl (C=O) groups is 2. The number of nitrogens with one attached hydrogen (secondary N) is 2. The second kappa shape index (κ2) is 11.3. The van der Waals surface area contributed by atoms with Crippen LogP contribution in [0.3, 0.4) is 0 Å². The number of aromatic nitrogens is 2. The third kappa shape index (κ3) is 7.16. The fourth-order valence-corrected chi connectivity index (χ4v) is 2.95. The maximum atomic E-state index is 12.8. The van der Waals surface area contributed by atoms with Crippen LogP contribution in [0.15, 0.2) is 36.8 Å². The van der Waals surface area contributed by atoms with E-state index in [2.05, 4.69) is 15.3 Å². The van der Waals surface area contributed by atoms with Gasteiger partial charge >= 0.3 is 6.09 Å². The van der Waals surface area contributed by atoms with Crippen LogP contribution in [0.25, 0.3) is 0 Å². The fourth-order valence-electron chi connectivity index (χ4n) is 2.95. The topological polar surface area (TPSA) is 140 Å². The van der Waals surface area contributed by atoms with E-state index in [0.717, 1.165) is 5.56 Å². The van der Waals surface area contributed by atoms with E-state index < -0.39 is 30.1 Å². The first-order valence-electron chi connectivity index (χ1n) is 9.81. The molecule has 2 aromatic rings. The quantitative estimate of drug-likeness (QED) is 0.434. The molecule has 9 heteroatoms. The molecule has 1 unspecified atom stereocenters. The van der Waals surface area contributed by atoms with Crippen LogP contribution in [-0.4, -0.2) is 52.2 Å². The number of methoxy groups -OCH3 is 1. The van der Waals surface area contributed by atoms with Crippen LogP contribution in [0.4, 0.5) is 4.79 Å². The number of amides is 1. The Morgan fingerprint density at radius 2 is 1.97 bits per heavy atom. The van der Waals surface area contributed by atoms with Crippen molar-refractivity contribution >= 4 is 11.9 Å². The summed E-state index contributed by atoms with van der Waals surface area (Å²) < 4.78 is 10.3. The molecule has 1 aromatic carbocycles. The summed E-state index contributed by atoms with van der Waals surface area (Å²) in [6.45, 7) is 3.88. The minimum atomic E-state index is -1.43. The molecule has 1 amide bonds. The highest BCUT2D eigenvalue weighted by atomic mass is 16.5. The number of imidazole rings is 1. The highest BCUT2D eigenvalue weighted by Crippen LogP contribution is 2.13. The van der Waals surface area contributed by atoms with E-state index in [4.69, 9.17) is 15.2 Å². The summed E-state index contributed by atoms with van der Waals surface area (Å²) in [5.74, 6) is 0.264. The molecule has 9 nitrogen and oxygen atoms in total. The summed E-state index contributed by atoms with van der Waals surface area (Å²) in [4.78, 5) is 31.8. The lowest BCUT2D eigenvalue weighted by molar-refractivity contribution is -0.130. The standard InChI is InChI=1S/C21H30N4O5/c1-13(2)8-18(20(27)19(26)17(22)9-15-10-23-12-24-15)25-21(28)30-11-14-4-6-16(29-3)7-5-14/h4-7,10,12-13,17-19,26H,8-9,11,22H2,1-3H3,(H,23,24)(H,25,28)/t17-,18-,19?/m0/s1. The zero-order valence-electron chi connectivity index (χ0n) is 17.5. The maximum Gasteiger partial charge on any atom is 0.408 e. The van der Waals surface area contributed by atoms with Crippen molar-refractivity contribution in [1.29, 1.82) is 0 Å². The van der Waals surface area contributed by atoms with Gasteiger partial charge in [0.2, 0.25) is 0 Å². The summed E-state index contributed by atoms with van der Waals surface area (Å²) in [7, 11) is 1.57. The number of aliphatic hydroxyl groups is 1. The van der Waals surface area contributed by atoms with E-state index in [0.29, 0.717) is 17.9 Å². The molecule has 164 valence electrons. The van der Waals surface area contributed by atoms with Crippen LogP contribution < -0.4 is 15.8 Å². The van der Waals surface area contributed by atoms with Crippen molar-refractivity contribution in [1.82, 2.24) is 15.3 Å². The van der Waals surface area contributed by atoms with Crippen molar-refractivity contribution in [2.45, 2.75) is 51.5 Å². The Kier molecular flexibility index (Phi) is 8.82. The van der Waals surface area contributed by atoms with Crippen molar-refractivity contribution in [2.75, 3.05) is 7.11 Å². The van der Waals surface area contributed by atoms with Gasteiger partial charge in [0, 0.05) is 24.4 Å². The van der Waals surface area contributed by atoms with E-state index in [-0.39, 0.29) is 18.9 Å². The second-order valence-electron chi connectivity index (χ2n) is 7.54. The Bertz CT molecular complexity index is 792. The molecule has 0 aliphatic rings. The van der Waals surface area contributed by atoms with E-state index in [1.54, 1.807) is 37.6 Å². The maximum absolute atomic E-state index is 12.8. The van der Waals surface area contributed by atoms with Crippen LogP contribution >= 0.6 is 0 Å². The molecule has 30 heavy (non-hydrogen) atoms. The Morgan fingerprint density at radius 1 is 1.27 bits per heavy atom. The molecule has 0 radical (unpaired) electrons. The van der Waals surface area contributed by atoms with Gasteiger partial charge < -0.3 is 30.6 Å². The molecule has 0 spiro atoms. The number of ether oxygens (including phenoxy) is 2. The minimum absolute atomic E-state index is 0.0420. The molecular weight excluding hydrogens is 388 g/mol. The molecule has 0 saturated carbocycles. The average molecular weight is 418 g/mol. The van der Waals surface area contributed by atoms with Crippen molar-refractivity contribution in [3.63, 3.8) is 0 Å². The lowest BCUT2D eigenvalue weighted by Gasteiger charge is -2.24. The second-order valence-corrected chi connectivity index (χ2v) is 7.54. The largest absolute Gasteiger partial charge is 0.497 e. The van der Waals surface area contributed by atoms with Gasteiger partial charge in [0.1, 0.15) is 18.5 Å². The Labute approximate surface area is 176 Å². The van der Waals surface area contributed by atoms with E-state index in [1.807, 2.05) is 13.8 Å². The van der Waals surface area contributed by atoms with Crippen LogP contribution in [-0.2, 0) is 22.6 Å². The zero-order chi connectivity index (χ0) is 22.1. The third-order valence-corrected chi connectivity index (χ3v) is 4.58. The van der Waals surface area contributed by atoms with Crippen molar-refractivity contribution in [3.05, 3.63) is 48.0 Å². The van der Waals surface area contributed by atoms with Gasteiger partial charge in [-0.1, -0.05) is 26.0 Å². The zero-order valence-corrected chi connectivity index (χ0v) is 17.5. The summed E-state index contributed by atoms with van der Waals surface area (Å²) in [6.07, 6.45) is 1.52. The van der Waals surface area contributed by atoms with Crippen molar-refractivity contribution in [2.24, 2.45) is 11.7 Å². The van der Waals surface area contributed by atoms with Gasteiger partial charge in [0.15, 0.2) is 5.78 Å². The molecular formula is C21H30N4O5. The molecule has 0 bridgehead atoms. The highest BCUT2D eigenvalue weighted by Gasteiger charge is 2.32. The summed E-state index contributed by atoms with van der Waals surface area (Å²) in [5, 5.41) is 13.0. The average Bonchev–Trinajstić information content (AvgIpc) is 3.23. The number of Topliss-reactive ketones (excluding diaryl/α,β-unsaturated/α-hetero) is 1. The molecule has 3 atom stereocenters. The highest BCUT2D eigenvalue weighted by molar-refractivity contribution is 5.91. The number of carbonyl (C=O) groups excluding carboxylic acids is 2. The van der Waals surface area contributed by atoms with Crippen LogP contribution in [0.1, 0.15) is 31.5 Å². The number of nitrogens with two attached hydrogens (primary N) is 1. The molecule has 0 fully saturated rings. The van der Waals surface area contributed by atoms with Gasteiger partial charge in [-0.3, -0.25) is 4.79 Å². The number of hydrogen-bond acceptors (Lipinski definition) is 7. The number of H-pyrrole nitrogens is 1. The van der Waals surface area contributed by atoms with Crippen LogP contribution in [0.2, 0.25) is 0 Å². The SMILES string of the molecule is COc1ccc(COC(=O)N[C@@H](CC(C)C)C(=O)C(O)[C@@H](N)Cc2cnc[nH]2)cc1. The number of rotatable bonds is 11. The number of benzene rings is 1. The predicted molar refractivity (Wildman–Crippen MR) is 111 cm³/mol. The molecule has 0 saturated heterocycles. The molecule has 1 aromatic heterocycles. The van der Waals surface area contributed by atoms with E-state index in [9.17, 15) is 14.7 Å². The summed E-state index contributed by atoms with van der Waals surface area (Å²) in [5.41, 5.74) is 7.48. The first-order valence-corrected chi connectivity index (χ1v) is 9.81. The number of ketones is 1. The van der Waals surface area contributed by atoms with Gasteiger partial charge in [-0.15, -0.1) is 0 Å². The number of aliphatic hydroxyl groups excluding tert-OH is 1. The van der Waals surface area contributed by atoms with Crippen molar-refractivity contribution < 1.29 is 24.2 Å². The van der Waals surface area contributed by atoms with Crippen LogP contribution in [0.5, 0.6) is 5.75 Å². The van der Waals surface area contributed by atoms with E-state index in [1.165, 1.54) is 6.33 Å². The van der Waals surface area contributed by atoms with Crippen molar-refractivity contribution in [3.8, 4) is 5.75 Å². The number of nitrogens with zero attached hydrogens (tertiary/aromatic N) is 1. The lowest BCUT2D eigenvalue weighted by Crippen LogP contribution is -2.52. The fraction of sp³-hybridized carbons (Fsp3) is 0.476. The van der Waals surface area contributed by atoms with Gasteiger partial charge in [-0.25, -0.2) is 9.78 Å². The minimum Gasteiger partial charge on any atom is -0.497 e. The number of alkyl carbamates (subject to hydrolysis) is 1. The Morgan fingerprint density at radius 3 is 2.53 bits per heavy atom. The first-order chi connectivity index (χ1) is 14.3. The van der Waals surface area contributed by atoms with Gasteiger partial charge in [-0.2, -0.15) is 0 Å². The molecule has 2 rings (SSSR count). The van der Waals surface area contributed by atoms with Gasteiger partial charge in [0.05, 0.1) is 19.5 Å². The molecule has 0 aliphatic carbocycles. The number of aromatic amines is 1. The first kappa shape index (κ1) is 23.4. The van der Waals surface area contributed by atoms with Gasteiger partial charge in [0.25, 0.3) is 0 Å². The smallest absolute Gasteiger partial charge is 0.408 e. The lowest BCUT2D eigenvalue weighted by atomic mass is 9.93. The Hall–Kier alpha value is -2.91. The van der Waals surface area contributed by atoms with Crippen LogP contribution in [0, 0.1) is 5.92 Å². The molecule has 1 heterocycles. The van der Waals surface area contributed by atoms with Gasteiger partial charge in [-0.05, 0) is 30.0 Å². The summed E-state index contributed by atoms with van der Waals surface area (Å²) >= 11 is 0. The Balaban J connectivity index is 1.93.